The highest BCUT2D eigenvalue weighted by molar-refractivity contribution is 5.73. The fourth-order valence-corrected chi connectivity index (χ4v) is 2.81. The van der Waals surface area contributed by atoms with Gasteiger partial charge in [0.1, 0.15) is 5.75 Å². The van der Waals surface area contributed by atoms with Crippen molar-refractivity contribution in [3.8, 4) is 28.3 Å². The number of rotatable bonds is 3. The highest BCUT2D eigenvalue weighted by Crippen LogP contribution is 2.33. The molecule has 0 bridgehead atoms. The van der Waals surface area contributed by atoms with Crippen molar-refractivity contribution in [1.82, 2.24) is 14.6 Å². The molecule has 0 aliphatic heterocycles. The van der Waals surface area contributed by atoms with E-state index in [1.807, 2.05) is 37.3 Å². The first-order valence-corrected chi connectivity index (χ1v) is 7.92. The first kappa shape index (κ1) is 15.8. The van der Waals surface area contributed by atoms with Gasteiger partial charge in [0.05, 0.1) is 16.3 Å². The van der Waals surface area contributed by atoms with E-state index < -0.39 is 4.92 Å². The van der Waals surface area contributed by atoms with Gasteiger partial charge >= 0.3 is 0 Å². The van der Waals surface area contributed by atoms with Gasteiger partial charge in [-0.1, -0.05) is 29.8 Å². The number of phenolic OH excluding ortho intramolecular Hbond substituents is 1. The number of benzene rings is 2. The number of nitro benzene ring substituents is 1. The van der Waals surface area contributed by atoms with E-state index in [1.165, 1.54) is 18.2 Å². The number of aryl methyl sites for hydroxylation is 1. The van der Waals surface area contributed by atoms with Gasteiger partial charge in [-0.05, 0) is 19.1 Å². The number of hydrogen-bond donors (Lipinski definition) is 1. The minimum atomic E-state index is -0.498. The smallest absolute Gasteiger partial charge is 0.270 e. The minimum Gasteiger partial charge on any atom is -0.507 e. The van der Waals surface area contributed by atoms with Crippen LogP contribution in [0.15, 0.2) is 60.8 Å². The van der Waals surface area contributed by atoms with E-state index in [1.54, 1.807) is 16.8 Å². The number of nitro groups is 1. The molecule has 0 radical (unpaired) electrons. The Morgan fingerprint density at radius 1 is 1.08 bits per heavy atom. The van der Waals surface area contributed by atoms with Gasteiger partial charge in [-0.15, -0.1) is 0 Å². The molecule has 1 N–H and O–H groups in total. The lowest BCUT2D eigenvalue weighted by Gasteiger charge is -2.06. The van der Waals surface area contributed by atoms with Crippen LogP contribution >= 0.6 is 0 Å². The molecule has 128 valence electrons. The fraction of sp³-hybridized carbons (Fsp3) is 0.0526. The van der Waals surface area contributed by atoms with Gasteiger partial charge in [0.25, 0.3) is 5.69 Å². The Bertz CT molecular complexity index is 1130. The summed E-state index contributed by atoms with van der Waals surface area (Å²) in [6.45, 7) is 2.01. The van der Waals surface area contributed by atoms with Crippen molar-refractivity contribution in [1.29, 1.82) is 0 Å². The molecule has 0 saturated heterocycles. The predicted octanol–water partition coefficient (Wildman–Crippen LogP) is 3.99. The molecule has 0 aliphatic carbocycles. The van der Waals surface area contributed by atoms with E-state index in [0.29, 0.717) is 16.9 Å². The summed E-state index contributed by atoms with van der Waals surface area (Å²) >= 11 is 0. The number of non-ortho nitro benzene ring substituents is 1. The highest BCUT2D eigenvalue weighted by atomic mass is 16.6. The first-order valence-electron chi connectivity index (χ1n) is 7.92. The lowest BCUT2D eigenvalue weighted by molar-refractivity contribution is -0.384. The van der Waals surface area contributed by atoms with E-state index in [4.69, 9.17) is 0 Å². The SMILES string of the molecule is Cc1ccc(-c2cc3nccc(-c4cc([N+](=O)[O-])ccc4O)n3n2)cc1. The standard InChI is InChI=1S/C19H14N4O3/c1-12-2-4-13(5-3-12)16-11-19-20-9-8-17(22(19)21-16)15-10-14(23(25)26)6-7-18(15)24/h2-11,24H,1H3. The molecule has 0 atom stereocenters. The molecule has 0 fully saturated rings. The molecule has 0 spiro atoms. The van der Waals surface area contributed by atoms with Crippen LogP contribution in [0.1, 0.15) is 5.56 Å². The zero-order valence-electron chi connectivity index (χ0n) is 13.8. The van der Waals surface area contributed by atoms with Crippen molar-refractivity contribution in [2.24, 2.45) is 0 Å². The van der Waals surface area contributed by atoms with Crippen LogP contribution in [-0.2, 0) is 0 Å². The van der Waals surface area contributed by atoms with E-state index in [2.05, 4.69) is 10.1 Å². The molecule has 7 heteroatoms. The molecule has 4 aromatic rings. The summed E-state index contributed by atoms with van der Waals surface area (Å²) in [4.78, 5) is 14.9. The van der Waals surface area contributed by atoms with E-state index >= 15 is 0 Å². The summed E-state index contributed by atoms with van der Waals surface area (Å²) in [5.41, 5.74) is 4.15. The highest BCUT2D eigenvalue weighted by Gasteiger charge is 2.16. The summed E-state index contributed by atoms with van der Waals surface area (Å²) in [7, 11) is 0. The topological polar surface area (TPSA) is 93.6 Å². The van der Waals surface area contributed by atoms with Gasteiger partial charge in [0.2, 0.25) is 0 Å². The van der Waals surface area contributed by atoms with E-state index in [0.717, 1.165) is 16.8 Å². The molecule has 2 aromatic carbocycles. The van der Waals surface area contributed by atoms with Gasteiger partial charge in [0, 0.05) is 35.5 Å². The second kappa shape index (κ2) is 5.96. The summed E-state index contributed by atoms with van der Waals surface area (Å²) in [5, 5.41) is 25.8. The summed E-state index contributed by atoms with van der Waals surface area (Å²) in [6.07, 6.45) is 1.59. The monoisotopic (exact) mass is 346 g/mol. The van der Waals surface area contributed by atoms with Crippen molar-refractivity contribution in [2.45, 2.75) is 6.92 Å². The van der Waals surface area contributed by atoms with Crippen LogP contribution in [0.5, 0.6) is 5.75 Å². The third kappa shape index (κ3) is 2.65. The molecule has 0 aliphatic rings. The van der Waals surface area contributed by atoms with Gasteiger partial charge in [-0.3, -0.25) is 10.1 Å². The quantitative estimate of drug-likeness (QED) is 0.447. The molecular weight excluding hydrogens is 332 g/mol. The molecular formula is C19H14N4O3. The number of fused-ring (bicyclic) bond motifs is 1. The molecule has 7 nitrogen and oxygen atoms in total. The van der Waals surface area contributed by atoms with Gasteiger partial charge in [0.15, 0.2) is 5.65 Å². The second-order valence-electron chi connectivity index (χ2n) is 5.95. The van der Waals surface area contributed by atoms with Gasteiger partial charge in [-0.2, -0.15) is 5.10 Å². The first-order chi connectivity index (χ1) is 12.5. The molecule has 2 aromatic heterocycles. The van der Waals surface area contributed by atoms with Crippen LogP contribution in [0.3, 0.4) is 0 Å². The van der Waals surface area contributed by atoms with E-state index in [9.17, 15) is 15.2 Å². The number of aromatic nitrogens is 3. The van der Waals surface area contributed by atoms with Crippen molar-refractivity contribution < 1.29 is 10.0 Å². The molecule has 0 unspecified atom stereocenters. The number of aromatic hydroxyl groups is 1. The average molecular weight is 346 g/mol. The van der Waals surface area contributed by atoms with Crippen LogP contribution in [0.2, 0.25) is 0 Å². The maximum atomic E-state index is 11.1. The van der Waals surface area contributed by atoms with Crippen LogP contribution in [0, 0.1) is 17.0 Å². The number of phenols is 1. The van der Waals surface area contributed by atoms with Crippen molar-refractivity contribution in [2.75, 3.05) is 0 Å². The molecule has 26 heavy (non-hydrogen) atoms. The normalized spacial score (nSPS) is 11.0. The number of hydrogen-bond acceptors (Lipinski definition) is 5. The minimum absolute atomic E-state index is 0.0597. The summed E-state index contributed by atoms with van der Waals surface area (Å²) in [5.74, 6) is -0.0597. The van der Waals surface area contributed by atoms with Crippen molar-refractivity contribution in [3.05, 3.63) is 76.5 Å². The summed E-state index contributed by atoms with van der Waals surface area (Å²) < 4.78 is 1.58. The maximum absolute atomic E-state index is 11.1. The van der Waals surface area contributed by atoms with Crippen LogP contribution < -0.4 is 0 Å². The Hall–Kier alpha value is -3.74. The number of nitrogens with zero attached hydrogens (tertiary/aromatic N) is 4. The lowest BCUT2D eigenvalue weighted by atomic mass is 10.1. The van der Waals surface area contributed by atoms with Crippen LogP contribution in [-0.4, -0.2) is 24.6 Å². The van der Waals surface area contributed by atoms with Crippen LogP contribution in [0.25, 0.3) is 28.2 Å². The van der Waals surface area contributed by atoms with Crippen LogP contribution in [0.4, 0.5) is 5.69 Å². The Balaban J connectivity index is 1.91. The Morgan fingerprint density at radius 2 is 1.85 bits per heavy atom. The average Bonchev–Trinajstić information content (AvgIpc) is 3.07. The third-order valence-corrected chi connectivity index (χ3v) is 4.17. The van der Waals surface area contributed by atoms with Crippen molar-refractivity contribution >= 4 is 11.3 Å². The Kier molecular flexibility index (Phi) is 3.62. The maximum Gasteiger partial charge on any atom is 0.270 e. The van der Waals surface area contributed by atoms with E-state index in [-0.39, 0.29) is 11.4 Å². The third-order valence-electron chi connectivity index (χ3n) is 4.17. The molecule has 0 amide bonds. The Morgan fingerprint density at radius 3 is 2.58 bits per heavy atom. The second-order valence-corrected chi connectivity index (χ2v) is 5.95. The zero-order valence-corrected chi connectivity index (χ0v) is 13.8. The molecule has 4 rings (SSSR count). The molecule has 2 heterocycles. The lowest BCUT2D eigenvalue weighted by Crippen LogP contribution is -1.97. The summed E-state index contributed by atoms with van der Waals surface area (Å²) in [6, 6.07) is 15.4. The van der Waals surface area contributed by atoms with Gasteiger partial charge < -0.3 is 5.11 Å². The molecule has 0 saturated carbocycles. The zero-order chi connectivity index (χ0) is 18.3. The van der Waals surface area contributed by atoms with Gasteiger partial charge in [-0.25, -0.2) is 9.50 Å². The largest absolute Gasteiger partial charge is 0.507 e. The predicted molar refractivity (Wildman–Crippen MR) is 96.9 cm³/mol. The fourth-order valence-electron chi connectivity index (χ4n) is 2.81. The van der Waals surface area contributed by atoms with Crippen molar-refractivity contribution in [3.63, 3.8) is 0 Å². The Labute approximate surface area is 148 Å².